The van der Waals surface area contributed by atoms with E-state index in [1.165, 1.54) is 4.90 Å². The molecule has 2 saturated heterocycles. The van der Waals surface area contributed by atoms with Gasteiger partial charge in [-0.1, -0.05) is 0 Å². The first-order chi connectivity index (χ1) is 7.59. The Morgan fingerprint density at radius 2 is 2.25 bits per heavy atom. The second-order valence-corrected chi connectivity index (χ2v) is 5.60. The highest BCUT2D eigenvalue weighted by Gasteiger charge is 2.38. The number of nitrogens with one attached hydrogen (secondary N) is 1. The van der Waals surface area contributed by atoms with Crippen LogP contribution in [-0.2, 0) is 9.59 Å². The summed E-state index contributed by atoms with van der Waals surface area (Å²) in [5.74, 6) is -0.200. The summed E-state index contributed by atoms with van der Waals surface area (Å²) < 4.78 is 0. The summed E-state index contributed by atoms with van der Waals surface area (Å²) in [6.45, 7) is 2.59. The minimum absolute atomic E-state index is 0.0539. The van der Waals surface area contributed by atoms with Crippen LogP contribution < -0.4 is 5.32 Å². The first-order valence-corrected chi connectivity index (χ1v) is 6.55. The maximum Gasteiger partial charge on any atom is 0.326 e. The average Bonchev–Trinajstić information content (AvgIpc) is 2.84. The van der Waals surface area contributed by atoms with Crippen LogP contribution in [0.5, 0.6) is 0 Å². The SMILES string of the molecule is CC1NC(C(=O)N2CCCC2C(=O)O)CS1. The van der Waals surface area contributed by atoms with E-state index >= 15 is 0 Å². The largest absolute Gasteiger partial charge is 0.480 e. The molecule has 2 N–H and O–H groups in total. The number of rotatable bonds is 2. The third kappa shape index (κ3) is 2.17. The Kier molecular flexibility index (Phi) is 3.39. The number of carbonyl (C=O) groups excluding carboxylic acids is 1. The van der Waals surface area contributed by atoms with Gasteiger partial charge in [-0.15, -0.1) is 11.8 Å². The van der Waals surface area contributed by atoms with E-state index in [-0.39, 0.29) is 17.3 Å². The van der Waals surface area contributed by atoms with Crippen molar-refractivity contribution in [2.24, 2.45) is 0 Å². The number of likely N-dealkylation sites (tertiary alicyclic amines) is 1. The summed E-state index contributed by atoms with van der Waals surface area (Å²) in [7, 11) is 0. The average molecular weight is 244 g/mol. The van der Waals surface area contributed by atoms with E-state index in [0.29, 0.717) is 13.0 Å². The summed E-state index contributed by atoms with van der Waals surface area (Å²) in [5, 5.41) is 12.5. The lowest BCUT2D eigenvalue weighted by Crippen LogP contribution is -2.49. The van der Waals surface area contributed by atoms with Crippen molar-refractivity contribution in [1.82, 2.24) is 10.2 Å². The van der Waals surface area contributed by atoms with Gasteiger partial charge < -0.3 is 10.0 Å². The van der Waals surface area contributed by atoms with Crippen LogP contribution in [0.3, 0.4) is 0 Å². The fourth-order valence-electron chi connectivity index (χ4n) is 2.25. The summed E-state index contributed by atoms with van der Waals surface area (Å²) in [6, 6.07) is -0.824. The van der Waals surface area contributed by atoms with Crippen LogP contribution >= 0.6 is 11.8 Å². The number of amides is 1. The molecule has 2 aliphatic heterocycles. The third-order valence-corrected chi connectivity index (χ3v) is 4.23. The van der Waals surface area contributed by atoms with Crippen molar-refractivity contribution in [3.8, 4) is 0 Å². The minimum atomic E-state index is -0.885. The predicted octanol–water partition coefficient (Wildman–Crippen LogP) is 0.113. The number of thioether (sulfide) groups is 1. The lowest BCUT2D eigenvalue weighted by atomic mass is 10.2. The second kappa shape index (κ2) is 4.63. The molecule has 1 amide bonds. The number of aliphatic carboxylic acids is 1. The van der Waals surface area contributed by atoms with E-state index in [2.05, 4.69) is 5.32 Å². The minimum Gasteiger partial charge on any atom is -0.480 e. The van der Waals surface area contributed by atoms with E-state index in [4.69, 9.17) is 5.11 Å². The number of hydrogen-bond donors (Lipinski definition) is 2. The summed E-state index contributed by atoms with van der Waals surface area (Å²) in [6.07, 6.45) is 1.37. The van der Waals surface area contributed by atoms with Crippen LogP contribution in [0.1, 0.15) is 19.8 Å². The molecule has 2 fully saturated rings. The van der Waals surface area contributed by atoms with Crippen molar-refractivity contribution in [2.45, 2.75) is 37.2 Å². The highest BCUT2D eigenvalue weighted by Crippen LogP contribution is 2.23. The Hall–Kier alpha value is -0.750. The van der Waals surface area contributed by atoms with Crippen LogP contribution in [0.15, 0.2) is 0 Å². The van der Waals surface area contributed by atoms with Gasteiger partial charge in [0.25, 0.3) is 0 Å². The third-order valence-electron chi connectivity index (χ3n) is 3.07. The zero-order valence-electron chi connectivity index (χ0n) is 9.18. The number of nitrogens with zero attached hydrogens (tertiary/aromatic N) is 1. The first kappa shape index (κ1) is 11.7. The van der Waals surface area contributed by atoms with E-state index in [1.807, 2.05) is 6.92 Å². The Morgan fingerprint density at radius 3 is 2.81 bits per heavy atom. The molecule has 16 heavy (non-hydrogen) atoms. The molecule has 90 valence electrons. The Balaban J connectivity index is 2.01. The molecule has 0 saturated carbocycles. The van der Waals surface area contributed by atoms with Gasteiger partial charge in [-0.3, -0.25) is 10.1 Å². The molecule has 0 bridgehead atoms. The van der Waals surface area contributed by atoms with Gasteiger partial charge in [-0.05, 0) is 19.8 Å². The molecule has 0 spiro atoms. The van der Waals surface area contributed by atoms with Crippen LogP contribution in [-0.4, -0.2) is 51.6 Å². The summed E-state index contributed by atoms with van der Waals surface area (Å²) >= 11 is 1.70. The van der Waals surface area contributed by atoms with Crippen LogP contribution in [0, 0.1) is 0 Å². The normalized spacial score (nSPS) is 34.3. The summed E-state index contributed by atoms with van der Waals surface area (Å²) in [5.41, 5.74) is 0. The van der Waals surface area contributed by atoms with Crippen LogP contribution in [0.4, 0.5) is 0 Å². The molecule has 3 unspecified atom stereocenters. The van der Waals surface area contributed by atoms with Crippen LogP contribution in [0.2, 0.25) is 0 Å². The monoisotopic (exact) mass is 244 g/mol. The van der Waals surface area contributed by atoms with E-state index in [9.17, 15) is 9.59 Å². The lowest BCUT2D eigenvalue weighted by Gasteiger charge is -2.24. The smallest absolute Gasteiger partial charge is 0.326 e. The van der Waals surface area contributed by atoms with Gasteiger partial charge in [-0.2, -0.15) is 0 Å². The number of carboxylic acid groups (broad SMARTS) is 1. The fraction of sp³-hybridized carbons (Fsp3) is 0.800. The Labute approximate surface area is 98.6 Å². The maximum absolute atomic E-state index is 12.1. The molecule has 6 heteroatoms. The molecule has 2 aliphatic rings. The molecule has 0 aliphatic carbocycles. The van der Waals surface area contributed by atoms with Crippen molar-refractivity contribution >= 4 is 23.6 Å². The van der Waals surface area contributed by atoms with Crippen molar-refractivity contribution in [2.75, 3.05) is 12.3 Å². The zero-order chi connectivity index (χ0) is 11.7. The molecular weight excluding hydrogens is 228 g/mol. The second-order valence-electron chi connectivity index (χ2n) is 4.22. The Morgan fingerprint density at radius 1 is 1.50 bits per heavy atom. The molecule has 5 nitrogen and oxygen atoms in total. The quantitative estimate of drug-likeness (QED) is 0.721. The molecule has 3 atom stereocenters. The highest BCUT2D eigenvalue weighted by molar-refractivity contribution is 8.00. The topological polar surface area (TPSA) is 69.6 Å². The van der Waals surface area contributed by atoms with Gasteiger partial charge in [0.05, 0.1) is 11.4 Å². The Bertz CT molecular complexity index is 310. The lowest BCUT2D eigenvalue weighted by molar-refractivity contribution is -0.148. The molecular formula is C10H16N2O3S. The molecule has 2 heterocycles. The molecule has 0 aromatic carbocycles. The molecule has 2 rings (SSSR count). The molecule has 0 aromatic heterocycles. The molecule has 0 radical (unpaired) electrons. The van der Waals surface area contributed by atoms with E-state index in [1.54, 1.807) is 11.8 Å². The van der Waals surface area contributed by atoms with Gasteiger partial charge >= 0.3 is 5.97 Å². The van der Waals surface area contributed by atoms with Crippen molar-refractivity contribution in [3.63, 3.8) is 0 Å². The standard InChI is InChI=1S/C10H16N2O3S/c1-6-11-7(5-16-6)9(13)12-4-2-3-8(12)10(14)15/h6-8,11H,2-5H2,1H3,(H,14,15). The van der Waals surface area contributed by atoms with Gasteiger partial charge in [0.2, 0.25) is 5.91 Å². The zero-order valence-corrected chi connectivity index (χ0v) is 10.00. The summed E-state index contributed by atoms with van der Waals surface area (Å²) in [4.78, 5) is 24.6. The fourth-order valence-corrected chi connectivity index (χ4v) is 3.23. The maximum atomic E-state index is 12.1. The van der Waals surface area contributed by atoms with Crippen molar-refractivity contribution < 1.29 is 14.7 Å². The van der Waals surface area contributed by atoms with E-state index in [0.717, 1.165) is 12.2 Å². The number of hydrogen-bond acceptors (Lipinski definition) is 4. The van der Waals surface area contributed by atoms with E-state index < -0.39 is 12.0 Å². The highest BCUT2D eigenvalue weighted by atomic mass is 32.2. The van der Waals surface area contributed by atoms with Crippen molar-refractivity contribution in [3.05, 3.63) is 0 Å². The van der Waals surface area contributed by atoms with Crippen LogP contribution in [0.25, 0.3) is 0 Å². The van der Waals surface area contributed by atoms with Gasteiger partial charge in [0.15, 0.2) is 0 Å². The number of carbonyl (C=O) groups is 2. The van der Waals surface area contributed by atoms with Crippen molar-refractivity contribution in [1.29, 1.82) is 0 Å². The van der Waals surface area contributed by atoms with Gasteiger partial charge in [0.1, 0.15) is 6.04 Å². The van der Waals surface area contributed by atoms with Gasteiger partial charge in [-0.25, -0.2) is 4.79 Å². The molecule has 0 aromatic rings. The predicted molar refractivity (Wildman–Crippen MR) is 61.2 cm³/mol. The number of carboxylic acids is 1. The first-order valence-electron chi connectivity index (χ1n) is 5.50. The van der Waals surface area contributed by atoms with Gasteiger partial charge in [0, 0.05) is 12.3 Å².